The Morgan fingerprint density at radius 2 is 1.79 bits per heavy atom. The topological polar surface area (TPSA) is 84.8 Å². The lowest BCUT2D eigenvalue weighted by Gasteiger charge is -2.18. The number of fused-ring (bicyclic) bond motifs is 1. The summed E-state index contributed by atoms with van der Waals surface area (Å²) < 4.78 is 6.99. The molecule has 2 heterocycles. The van der Waals surface area contributed by atoms with E-state index in [0.29, 0.717) is 18.8 Å². The van der Waals surface area contributed by atoms with Crippen molar-refractivity contribution in [3.63, 3.8) is 0 Å². The van der Waals surface area contributed by atoms with Gasteiger partial charge in [-0.25, -0.2) is 4.68 Å². The summed E-state index contributed by atoms with van der Waals surface area (Å²) in [5.74, 6) is 0.489. The second kappa shape index (κ2) is 9.62. The highest BCUT2D eigenvalue weighted by Crippen LogP contribution is 2.31. The van der Waals surface area contributed by atoms with Crippen molar-refractivity contribution in [1.82, 2.24) is 25.3 Å². The first kappa shape index (κ1) is 21.5. The van der Waals surface area contributed by atoms with Gasteiger partial charge in [-0.1, -0.05) is 65.9 Å². The van der Waals surface area contributed by atoms with Crippen LogP contribution < -0.4 is 10.1 Å². The number of nitrogens with zero attached hydrogens (tertiary/aromatic N) is 3. The van der Waals surface area contributed by atoms with E-state index in [4.69, 9.17) is 4.74 Å². The summed E-state index contributed by atoms with van der Waals surface area (Å²) in [6.07, 6.45) is 3.69. The largest absolute Gasteiger partial charge is 0.497 e. The van der Waals surface area contributed by atoms with Crippen molar-refractivity contribution in [3.05, 3.63) is 114 Å². The Hall–Kier alpha value is -4.39. The maximum absolute atomic E-state index is 12.9. The highest BCUT2D eigenvalue weighted by molar-refractivity contribution is 5.92. The molecule has 34 heavy (non-hydrogen) atoms. The summed E-state index contributed by atoms with van der Waals surface area (Å²) in [5, 5.41) is 12.4. The van der Waals surface area contributed by atoms with Crippen LogP contribution in [-0.2, 0) is 6.54 Å². The zero-order chi connectivity index (χ0) is 23.3. The molecule has 0 aliphatic heterocycles. The number of nitrogens with one attached hydrogen (secondary N) is 2. The van der Waals surface area contributed by atoms with E-state index in [1.54, 1.807) is 18.0 Å². The molecule has 1 atom stereocenters. The molecule has 5 aromatic rings. The second-order valence-electron chi connectivity index (χ2n) is 8.11. The lowest BCUT2D eigenvalue weighted by Crippen LogP contribution is -2.29. The lowest BCUT2D eigenvalue weighted by molar-refractivity contribution is 0.0947. The third-order valence-electron chi connectivity index (χ3n) is 5.94. The Morgan fingerprint density at radius 1 is 1.03 bits per heavy atom. The predicted molar refractivity (Wildman–Crippen MR) is 131 cm³/mol. The monoisotopic (exact) mass is 451 g/mol. The Bertz CT molecular complexity index is 1390. The standard InChI is InChI=1S/C27H25N5O2/c1-34-21-13-11-20(12-14-21)23(24-16-28-25-10-6-5-9-22(24)25)15-29-27(33)26-18-32(31-30-26)17-19-7-3-2-4-8-19/h2-14,16,18,23,28H,15,17H2,1H3,(H,29,33). The molecule has 2 aromatic heterocycles. The second-order valence-corrected chi connectivity index (χ2v) is 8.11. The number of H-pyrrole nitrogens is 1. The number of hydrogen-bond acceptors (Lipinski definition) is 4. The minimum absolute atomic E-state index is 0.0506. The Labute approximate surface area is 197 Å². The number of aromatic amines is 1. The summed E-state index contributed by atoms with van der Waals surface area (Å²) in [5.41, 5.74) is 4.65. The van der Waals surface area contributed by atoms with Gasteiger partial charge in [0.2, 0.25) is 0 Å². The van der Waals surface area contributed by atoms with Crippen molar-refractivity contribution in [3.8, 4) is 5.75 Å². The number of ether oxygens (including phenoxy) is 1. The summed E-state index contributed by atoms with van der Waals surface area (Å²) in [7, 11) is 1.65. The van der Waals surface area contributed by atoms with E-state index in [9.17, 15) is 4.79 Å². The highest BCUT2D eigenvalue weighted by atomic mass is 16.5. The number of para-hydroxylation sites is 1. The maximum atomic E-state index is 12.9. The molecule has 0 spiro atoms. The molecule has 3 aromatic carbocycles. The first-order chi connectivity index (χ1) is 16.7. The van der Waals surface area contributed by atoms with Crippen molar-refractivity contribution in [1.29, 1.82) is 0 Å². The quantitative estimate of drug-likeness (QED) is 0.367. The van der Waals surface area contributed by atoms with Gasteiger partial charge in [-0.15, -0.1) is 5.10 Å². The van der Waals surface area contributed by atoms with E-state index in [0.717, 1.165) is 33.3 Å². The number of methoxy groups -OCH3 is 1. The first-order valence-electron chi connectivity index (χ1n) is 11.1. The van der Waals surface area contributed by atoms with E-state index in [1.807, 2.05) is 79.0 Å². The smallest absolute Gasteiger partial charge is 0.273 e. The Morgan fingerprint density at radius 3 is 2.59 bits per heavy atom. The fourth-order valence-corrected chi connectivity index (χ4v) is 4.16. The molecule has 0 fully saturated rings. The molecule has 2 N–H and O–H groups in total. The molecule has 7 nitrogen and oxygen atoms in total. The Kier molecular flexibility index (Phi) is 6.07. The van der Waals surface area contributed by atoms with Gasteiger partial charge in [0, 0.05) is 29.6 Å². The zero-order valence-corrected chi connectivity index (χ0v) is 18.8. The van der Waals surface area contributed by atoms with Crippen LogP contribution in [-0.4, -0.2) is 39.5 Å². The minimum atomic E-state index is -0.252. The van der Waals surface area contributed by atoms with Crippen LogP contribution in [0.2, 0.25) is 0 Å². The number of benzene rings is 3. The maximum Gasteiger partial charge on any atom is 0.273 e. The van der Waals surface area contributed by atoms with Crippen LogP contribution >= 0.6 is 0 Å². The van der Waals surface area contributed by atoms with Crippen molar-refractivity contribution >= 4 is 16.8 Å². The van der Waals surface area contributed by atoms with Gasteiger partial charge in [-0.3, -0.25) is 4.79 Å². The summed E-state index contributed by atoms with van der Waals surface area (Å²) in [6.45, 7) is 0.976. The highest BCUT2D eigenvalue weighted by Gasteiger charge is 2.20. The van der Waals surface area contributed by atoms with E-state index in [-0.39, 0.29) is 11.8 Å². The first-order valence-corrected chi connectivity index (χ1v) is 11.1. The normalized spacial score (nSPS) is 11.9. The van der Waals surface area contributed by atoms with Crippen LogP contribution in [0.4, 0.5) is 0 Å². The third kappa shape index (κ3) is 4.54. The lowest BCUT2D eigenvalue weighted by atomic mass is 9.90. The number of carbonyl (C=O) groups is 1. The van der Waals surface area contributed by atoms with Gasteiger partial charge in [0.25, 0.3) is 5.91 Å². The van der Waals surface area contributed by atoms with Crippen LogP contribution in [0.25, 0.3) is 10.9 Å². The molecule has 0 aliphatic rings. The van der Waals surface area contributed by atoms with Gasteiger partial charge in [0.15, 0.2) is 5.69 Å². The molecular formula is C27H25N5O2. The minimum Gasteiger partial charge on any atom is -0.497 e. The van der Waals surface area contributed by atoms with Gasteiger partial charge in [0.05, 0.1) is 19.9 Å². The van der Waals surface area contributed by atoms with Crippen molar-refractivity contribution < 1.29 is 9.53 Å². The van der Waals surface area contributed by atoms with Crippen LogP contribution in [0.5, 0.6) is 5.75 Å². The van der Waals surface area contributed by atoms with Crippen molar-refractivity contribution in [2.24, 2.45) is 0 Å². The van der Waals surface area contributed by atoms with Crippen molar-refractivity contribution in [2.75, 3.05) is 13.7 Å². The number of hydrogen-bond donors (Lipinski definition) is 2. The molecule has 7 heteroatoms. The molecule has 0 saturated heterocycles. The average Bonchev–Trinajstić information content (AvgIpc) is 3.53. The fourth-order valence-electron chi connectivity index (χ4n) is 4.16. The number of carbonyl (C=O) groups excluding carboxylic acids is 1. The predicted octanol–water partition coefficient (Wildman–Crippen LogP) is 4.38. The van der Waals surface area contributed by atoms with E-state index in [2.05, 4.69) is 26.7 Å². The summed E-state index contributed by atoms with van der Waals surface area (Å²) in [6, 6.07) is 26.1. The molecule has 0 radical (unpaired) electrons. The molecule has 170 valence electrons. The van der Waals surface area contributed by atoms with E-state index in [1.165, 1.54) is 0 Å². The number of amides is 1. The average molecular weight is 452 g/mol. The Balaban J connectivity index is 1.36. The fraction of sp³-hybridized carbons (Fsp3) is 0.148. The van der Waals surface area contributed by atoms with Crippen molar-refractivity contribution in [2.45, 2.75) is 12.5 Å². The van der Waals surface area contributed by atoms with Gasteiger partial charge in [0.1, 0.15) is 5.75 Å². The molecule has 5 rings (SSSR count). The molecule has 0 saturated carbocycles. The third-order valence-corrected chi connectivity index (χ3v) is 5.94. The van der Waals surface area contributed by atoms with Gasteiger partial charge < -0.3 is 15.0 Å². The SMILES string of the molecule is COc1ccc(C(CNC(=O)c2cn(Cc3ccccc3)nn2)c2c[nH]c3ccccc23)cc1. The number of aromatic nitrogens is 4. The van der Waals surface area contributed by atoms with Gasteiger partial charge >= 0.3 is 0 Å². The van der Waals surface area contributed by atoms with Crippen LogP contribution in [0.1, 0.15) is 33.1 Å². The molecule has 1 unspecified atom stereocenters. The van der Waals surface area contributed by atoms with Gasteiger partial charge in [-0.2, -0.15) is 0 Å². The van der Waals surface area contributed by atoms with Crippen LogP contribution in [0.3, 0.4) is 0 Å². The van der Waals surface area contributed by atoms with Gasteiger partial charge in [-0.05, 0) is 34.9 Å². The van der Waals surface area contributed by atoms with Crippen LogP contribution in [0.15, 0.2) is 91.3 Å². The summed E-state index contributed by atoms with van der Waals surface area (Å²) in [4.78, 5) is 16.3. The zero-order valence-electron chi connectivity index (χ0n) is 18.8. The van der Waals surface area contributed by atoms with E-state index < -0.39 is 0 Å². The summed E-state index contributed by atoms with van der Waals surface area (Å²) >= 11 is 0. The molecule has 1 amide bonds. The van der Waals surface area contributed by atoms with Crippen LogP contribution in [0, 0.1) is 0 Å². The molecular weight excluding hydrogens is 426 g/mol. The molecule has 0 bridgehead atoms. The van der Waals surface area contributed by atoms with E-state index >= 15 is 0 Å². The molecule has 0 aliphatic carbocycles. The number of rotatable bonds is 8.